The van der Waals surface area contributed by atoms with Crippen molar-refractivity contribution >= 4 is 5.91 Å². The van der Waals surface area contributed by atoms with Crippen molar-refractivity contribution in [2.24, 2.45) is 22.7 Å². The second-order valence-electron chi connectivity index (χ2n) is 8.50. The molecule has 2 aliphatic rings. The van der Waals surface area contributed by atoms with Crippen molar-refractivity contribution < 1.29 is 9.90 Å². The van der Waals surface area contributed by atoms with Crippen molar-refractivity contribution in [1.29, 1.82) is 0 Å². The second-order valence-corrected chi connectivity index (χ2v) is 8.50. The highest BCUT2D eigenvalue weighted by atomic mass is 16.3. The third kappa shape index (κ3) is 4.21. The van der Waals surface area contributed by atoms with Gasteiger partial charge in [0.25, 0.3) is 0 Å². The molecule has 0 saturated heterocycles. The van der Waals surface area contributed by atoms with E-state index in [0.29, 0.717) is 12.0 Å². The van der Waals surface area contributed by atoms with Gasteiger partial charge >= 0.3 is 0 Å². The summed E-state index contributed by atoms with van der Waals surface area (Å²) in [6.07, 6.45) is 8.89. The SMILES string of the molecule is CC(C)(C)C1CCC(C(=O)NCC2(CO)CCCC2)CC1. The Morgan fingerprint density at radius 1 is 1.14 bits per heavy atom. The topological polar surface area (TPSA) is 49.3 Å². The molecular weight excluding hydrogens is 262 g/mol. The first kappa shape index (κ1) is 16.8. The standard InChI is InChI=1S/C18H33NO2/c1-17(2,3)15-8-6-14(7-9-15)16(21)19-12-18(13-20)10-4-5-11-18/h14-15,20H,4-13H2,1-3H3,(H,19,21). The highest BCUT2D eigenvalue weighted by molar-refractivity contribution is 5.78. The molecule has 0 aromatic rings. The molecule has 2 N–H and O–H groups in total. The normalized spacial score (nSPS) is 29.3. The monoisotopic (exact) mass is 295 g/mol. The van der Waals surface area contributed by atoms with Crippen molar-refractivity contribution in [1.82, 2.24) is 5.32 Å². The van der Waals surface area contributed by atoms with E-state index in [9.17, 15) is 9.90 Å². The van der Waals surface area contributed by atoms with Crippen LogP contribution in [0, 0.1) is 22.7 Å². The smallest absolute Gasteiger partial charge is 0.223 e. The molecule has 3 nitrogen and oxygen atoms in total. The van der Waals surface area contributed by atoms with Crippen LogP contribution < -0.4 is 5.32 Å². The largest absolute Gasteiger partial charge is 0.396 e. The lowest BCUT2D eigenvalue weighted by Gasteiger charge is -2.37. The molecule has 0 spiro atoms. The molecule has 2 rings (SSSR count). The zero-order valence-electron chi connectivity index (χ0n) is 14.1. The minimum Gasteiger partial charge on any atom is -0.396 e. The summed E-state index contributed by atoms with van der Waals surface area (Å²) in [5.74, 6) is 1.17. The van der Waals surface area contributed by atoms with Gasteiger partial charge in [-0.25, -0.2) is 0 Å². The first-order chi connectivity index (χ1) is 9.86. The zero-order chi connectivity index (χ0) is 15.5. The van der Waals surface area contributed by atoms with Gasteiger partial charge in [-0.15, -0.1) is 0 Å². The summed E-state index contributed by atoms with van der Waals surface area (Å²) in [7, 11) is 0. The molecule has 0 atom stereocenters. The van der Waals surface area contributed by atoms with Crippen LogP contribution in [0.25, 0.3) is 0 Å². The Labute approximate surface area is 129 Å². The summed E-state index contributed by atoms with van der Waals surface area (Å²) in [6.45, 7) is 7.81. The predicted molar refractivity (Wildman–Crippen MR) is 85.9 cm³/mol. The summed E-state index contributed by atoms with van der Waals surface area (Å²) in [5.41, 5.74) is 0.338. The molecular formula is C18H33NO2. The van der Waals surface area contributed by atoms with Gasteiger partial charge in [0.05, 0.1) is 6.61 Å². The van der Waals surface area contributed by atoms with E-state index in [1.165, 1.54) is 25.7 Å². The van der Waals surface area contributed by atoms with E-state index in [-0.39, 0.29) is 23.8 Å². The third-order valence-corrected chi connectivity index (χ3v) is 5.96. The number of amides is 1. The van der Waals surface area contributed by atoms with Crippen LogP contribution in [0.15, 0.2) is 0 Å². The highest BCUT2D eigenvalue weighted by Crippen LogP contribution is 2.40. The Balaban J connectivity index is 1.77. The molecule has 0 aromatic heterocycles. The van der Waals surface area contributed by atoms with Crippen LogP contribution in [0.3, 0.4) is 0 Å². The van der Waals surface area contributed by atoms with Crippen LogP contribution in [-0.4, -0.2) is 24.2 Å². The number of carbonyl (C=O) groups excluding carboxylic acids is 1. The van der Waals surface area contributed by atoms with E-state index in [1.54, 1.807) is 0 Å². The maximum Gasteiger partial charge on any atom is 0.223 e. The summed E-state index contributed by atoms with van der Waals surface area (Å²) in [6, 6.07) is 0. The lowest BCUT2D eigenvalue weighted by molar-refractivity contribution is -0.127. The molecule has 2 saturated carbocycles. The highest BCUT2D eigenvalue weighted by Gasteiger charge is 2.36. The van der Waals surface area contributed by atoms with Gasteiger partial charge in [0.1, 0.15) is 0 Å². The van der Waals surface area contributed by atoms with Crippen molar-refractivity contribution in [2.75, 3.05) is 13.2 Å². The number of carbonyl (C=O) groups is 1. The minimum absolute atomic E-state index is 0.0295. The fourth-order valence-corrected chi connectivity index (χ4v) is 4.16. The maximum atomic E-state index is 12.4. The fourth-order valence-electron chi connectivity index (χ4n) is 4.16. The van der Waals surface area contributed by atoms with Crippen molar-refractivity contribution in [3.63, 3.8) is 0 Å². The number of rotatable bonds is 4. The number of hydrogen-bond acceptors (Lipinski definition) is 2. The van der Waals surface area contributed by atoms with E-state index in [4.69, 9.17) is 0 Å². The van der Waals surface area contributed by atoms with Crippen LogP contribution in [0.1, 0.15) is 72.1 Å². The quantitative estimate of drug-likeness (QED) is 0.834. The number of nitrogens with one attached hydrogen (secondary N) is 1. The Morgan fingerprint density at radius 3 is 2.19 bits per heavy atom. The van der Waals surface area contributed by atoms with E-state index in [1.807, 2.05) is 0 Å². The Hall–Kier alpha value is -0.570. The van der Waals surface area contributed by atoms with Crippen LogP contribution in [0.2, 0.25) is 0 Å². The van der Waals surface area contributed by atoms with Crippen LogP contribution >= 0.6 is 0 Å². The summed E-state index contributed by atoms with van der Waals surface area (Å²) >= 11 is 0. The molecule has 0 aliphatic heterocycles. The molecule has 2 aliphatic carbocycles. The lowest BCUT2D eigenvalue weighted by Crippen LogP contribution is -2.42. The average Bonchev–Trinajstić information content (AvgIpc) is 2.93. The molecule has 1 amide bonds. The van der Waals surface area contributed by atoms with Gasteiger partial charge < -0.3 is 10.4 Å². The molecule has 0 heterocycles. The first-order valence-corrected chi connectivity index (χ1v) is 8.75. The zero-order valence-corrected chi connectivity index (χ0v) is 14.1. The number of aliphatic hydroxyl groups excluding tert-OH is 1. The third-order valence-electron chi connectivity index (χ3n) is 5.96. The van der Waals surface area contributed by atoms with Crippen molar-refractivity contribution in [3.8, 4) is 0 Å². The average molecular weight is 295 g/mol. The van der Waals surface area contributed by atoms with E-state index in [0.717, 1.165) is 31.6 Å². The molecule has 21 heavy (non-hydrogen) atoms. The van der Waals surface area contributed by atoms with Crippen molar-refractivity contribution in [3.05, 3.63) is 0 Å². The predicted octanol–water partition coefficient (Wildman–Crippen LogP) is 3.51. The van der Waals surface area contributed by atoms with Gasteiger partial charge in [-0.05, 0) is 49.9 Å². The molecule has 2 fully saturated rings. The van der Waals surface area contributed by atoms with Gasteiger partial charge in [0.15, 0.2) is 0 Å². The molecule has 0 unspecified atom stereocenters. The van der Waals surface area contributed by atoms with E-state index in [2.05, 4.69) is 26.1 Å². The number of aliphatic hydroxyl groups is 1. The van der Waals surface area contributed by atoms with Crippen LogP contribution in [0.5, 0.6) is 0 Å². The lowest BCUT2D eigenvalue weighted by atomic mass is 9.69. The molecule has 122 valence electrons. The molecule has 0 aromatic carbocycles. The van der Waals surface area contributed by atoms with E-state index >= 15 is 0 Å². The van der Waals surface area contributed by atoms with Gasteiger partial charge in [-0.1, -0.05) is 33.6 Å². The summed E-state index contributed by atoms with van der Waals surface area (Å²) < 4.78 is 0. The number of hydrogen-bond donors (Lipinski definition) is 2. The first-order valence-electron chi connectivity index (χ1n) is 8.75. The fraction of sp³-hybridized carbons (Fsp3) is 0.944. The molecule has 0 bridgehead atoms. The van der Waals surface area contributed by atoms with Crippen LogP contribution in [-0.2, 0) is 4.79 Å². The Morgan fingerprint density at radius 2 is 1.71 bits per heavy atom. The Bertz CT molecular complexity index is 345. The second kappa shape index (κ2) is 6.68. The maximum absolute atomic E-state index is 12.4. The van der Waals surface area contributed by atoms with Gasteiger partial charge in [0.2, 0.25) is 5.91 Å². The van der Waals surface area contributed by atoms with Gasteiger partial charge in [0, 0.05) is 17.9 Å². The molecule has 3 heteroatoms. The molecule has 0 radical (unpaired) electrons. The summed E-state index contributed by atoms with van der Waals surface area (Å²) in [4.78, 5) is 12.4. The van der Waals surface area contributed by atoms with Crippen molar-refractivity contribution in [2.45, 2.75) is 72.1 Å². The van der Waals surface area contributed by atoms with E-state index < -0.39 is 0 Å². The van der Waals surface area contributed by atoms with Gasteiger partial charge in [-0.2, -0.15) is 0 Å². The minimum atomic E-state index is -0.0295. The summed E-state index contributed by atoms with van der Waals surface area (Å²) in [5, 5.41) is 12.8. The Kier molecular flexibility index (Phi) is 5.34. The van der Waals surface area contributed by atoms with Gasteiger partial charge in [-0.3, -0.25) is 4.79 Å². The van der Waals surface area contributed by atoms with Crippen LogP contribution in [0.4, 0.5) is 0 Å².